The van der Waals surface area contributed by atoms with Crippen LogP contribution in [-0.2, 0) is 4.74 Å². The Kier molecular flexibility index (Phi) is 2.93. The summed E-state index contributed by atoms with van der Waals surface area (Å²) in [6, 6.07) is 25.1. The second-order valence-corrected chi connectivity index (χ2v) is 5.23. The molecule has 4 rings (SSSR count). The lowest BCUT2D eigenvalue weighted by Gasteiger charge is -2.03. The zero-order valence-electron chi connectivity index (χ0n) is 11.6. The molecule has 0 amide bonds. The van der Waals surface area contributed by atoms with Gasteiger partial charge in [-0.05, 0) is 28.5 Å². The largest absolute Gasteiger partial charge is 0.475 e. The third-order valence-corrected chi connectivity index (χ3v) is 3.83. The van der Waals surface area contributed by atoms with E-state index in [2.05, 4.69) is 54.6 Å². The van der Waals surface area contributed by atoms with E-state index in [-0.39, 0.29) is 6.04 Å². The third kappa shape index (κ3) is 2.29. The molecule has 0 spiro atoms. The average molecular weight is 273 g/mol. The molecule has 21 heavy (non-hydrogen) atoms. The molecule has 0 saturated carbocycles. The molecule has 0 saturated heterocycles. The summed E-state index contributed by atoms with van der Waals surface area (Å²) in [5.41, 5.74) is 2.25. The third-order valence-electron chi connectivity index (χ3n) is 3.83. The molecular weight excluding hydrogens is 258 g/mol. The van der Waals surface area contributed by atoms with Gasteiger partial charge in [0.1, 0.15) is 12.6 Å². The minimum Gasteiger partial charge on any atom is -0.475 e. The van der Waals surface area contributed by atoms with Crippen molar-refractivity contribution in [2.75, 3.05) is 6.61 Å². The molecule has 3 aromatic carbocycles. The first-order valence-corrected chi connectivity index (χ1v) is 7.15. The molecule has 2 heteroatoms. The highest BCUT2D eigenvalue weighted by Crippen LogP contribution is 2.26. The topological polar surface area (TPSA) is 21.6 Å². The van der Waals surface area contributed by atoms with E-state index in [1.807, 2.05) is 18.2 Å². The Labute approximate surface area is 123 Å². The van der Waals surface area contributed by atoms with Crippen LogP contribution in [0.3, 0.4) is 0 Å². The predicted molar refractivity (Wildman–Crippen MR) is 85.6 cm³/mol. The molecule has 0 aromatic heterocycles. The SMILES string of the molecule is c1ccc([C@H]2COC(c3ccc4ccccc4c3)=N2)cc1. The quantitative estimate of drug-likeness (QED) is 0.680. The van der Waals surface area contributed by atoms with Crippen molar-refractivity contribution in [3.05, 3.63) is 83.9 Å². The van der Waals surface area contributed by atoms with E-state index in [4.69, 9.17) is 9.73 Å². The van der Waals surface area contributed by atoms with E-state index in [1.54, 1.807) is 0 Å². The van der Waals surface area contributed by atoms with Gasteiger partial charge in [-0.1, -0.05) is 60.7 Å². The van der Waals surface area contributed by atoms with Gasteiger partial charge in [0.05, 0.1) is 0 Å². The van der Waals surface area contributed by atoms with Gasteiger partial charge in [0, 0.05) is 5.56 Å². The Morgan fingerprint density at radius 2 is 1.57 bits per heavy atom. The van der Waals surface area contributed by atoms with Gasteiger partial charge in [0.2, 0.25) is 5.90 Å². The van der Waals surface area contributed by atoms with Gasteiger partial charge in [0.15, 0.2) is 0 Å². The maximum atomic E-state index is 5.80. The first kappa shape index (κ1) is 12.2. The number of benzene rings is 3. The fourth-order valence-corrected chi connectivity index (χ4v) is 2.70. The standard InChI is InChI=1S/C19H15NO/c1-2-7-15(8-3-1)18-13-21-19(20-18)17-11-10-14-6-4-5-9-16(14)12-17/h1-12,18H,13H2/t18-/m1/s1. The van der Waals surface area contributed by atoms with Crippen LogP contribution >= 0.6 is 0 Å². The Balaban J connectivity index is 1.69. The van der Waals surface area contributed by atoms with Crippen LogP contribution in [0.4, 0.5) is 0 Å². The van der Waals surface area contributed by atoms with Crippen LogP contribution in [-0.4, -0.2) is 12.5 Å². The van der Waals surface area contributed by atoms with Crippen molar-refractivity contribution in [1.29, 1.82) is 0 Å². The number of nitrogens with zero attached hydrogens (tertiary/aromatic N) is 1. The van der Waals surface area contributed by atoms with Crippen molar-refractivity contribution >= 4 is 16.7 Å². The number of fused-ring (bicyclic) bond motifs is 1. The minimum absolute atomic E-state index is 0.104. The highest BCUT2D eigenvalue weighted by Gasteiger charge is 2.21. The normalized spacial score (nSPS) is 17.5. The van der Waals surface area contributed by atoms with E-state index >= 15 is 0 Å². The van der Waals surface area contributed by atoms with Crippen molar-refractivity contribution in [3.63, 3.8) is 0 Å². The van der Waals surface area contributed by atoms with E-state index < -0.39 is 0 Å². The Hall–Kier alpha value is -2.61. The molecule has 3 aromatic rings. The zero-order chi connectivity index (χ0) is 14.1. The van der Waals surface area contributed by atoms with Crippen LogP contribution < -0.4 is 0 Å². The molecule has 0 fully saturated rings. The molecule has 1 atom stereocenters. The predicted octanol–water partition coefficient (Wildman–Crippen LogP) is 4.36. The van der Waals surface area contributed by atoms with Crippen LogP contribution in [0.1, 0.15) is 17.2 Å². The maximum absolute atomic E-state index is 5.80. The molecule has 0 aliphatic carbocycles. The molecule has 0 radical (unpaired) electrons. The lowest BCUT2D eigenvalue weighted by Crippen LogP contribution is -2.01. The lowest BCUT2D eigenvalue weighted by molar-refractivity contribution is 0.320. The van der Waals surface area contributed by atoms with Crippen molar-refractivity contribution in [2.24, 2.45) is 4.99 Å². The number of hydrogen-bond donors (Lipinski definition) is 0. The van der Waals surface area contributed by atoms with Gasteiger partial charge in [-0.15, -0.1) is 0 Å². The van der Waals surface area contributed by atoms with Crippen molar-refractivity contribution in [1.82, 2.24) is 0 Å². The van der Waals surface area contributed by atoms with Gasteiger partial charge in [-0.3, -0.25) is 0 Å². The Morgan fingerprint density at radius 1 is 0.810 bits per heavy atom. The second-order valence-electron chi connectivity index (χ2n) is 5.23. The minimum atomic E-state index is 0.104. The summed E-state index contributed by atoms with van der Waals surface area (Å²) in [4.78, 5) is 4.73. The summed E-state index contributed by atoms with van der Waals surface area (Å²) in [7, 11) is 0. The molecule has 1 heterocycles. The van der Waals surface area contributed by atoms with Crippen molar-refractivity contribution < 1.29 is 4.74 Å². The van der Waals surface area contributed by atoms with Crippen LogP contribution in [0.2, 0.25) is 0 Å². The molecule has 0 bridgehead atoms. The van der Waals surface area contributed by atoms with Crippen molar-refractivity contribution in [3.8, 4) is 0 Å². The van der Waals surface area contributed by atoms with Gasteiger partial charge in [-0.25, -0.2) is 4.99 Å². The van der Waals surface area contributed by atoms with E-state index in [9.17, 15) is 0 Å². The summed E-state index contributed by atoms with van der Waals surface area (Å²) in [6.45, 7) is 0.617. The zero-order valence-corrected chi connectivity index (χ0v) is 11.6. The maximum Gasteiger partial charge on any atom is 0.216 e. The molecule has 0 N–H and O–H groups in total. The molecule has 1 aliphatic heterocycles. The molecule has 1 aliphatic rings. The summed E-state index contributed by atoms with van der Waals surface area (Å²) < 4.78 is 5.80. The Morgan fingerprint density at radius 3 is 2.43 bits per heavy atom. The summed E-state index contributed by atoms with van der Waals surface area (Å²) >= 11 is 0. The van der Waals surface area contributed by atoms with Crippen LogP contribution in [0, 0.1) is 0 Å². The fraction of sp³-hybridized carbons (Fsp3) is 0.105. The monoisotopic (exact) mass is 273 g/mol. The number of rotatable bonds is 2. The van der Waals surface area contributed by atoms with Gasteiger partial charge < -0.3 is 4.74 Å². The molecule has 2 nitrogen and oxygen atoms in total. The summed E-state index contributed by atoms with van der Waals surface area (Å²) in [5.74, 6) is 0.745. The van der Waals surface area contributed by atoms with E-state index in [0.717, 1.165) is 11.5 Å². The van der Waals surface area contributed by atoms with Crippen LogP contribution in [0.15, 0.2) is 77.8 Å². The van der Waals surface area contributed by atoms with Gasteiger partial charge >= 0.3 is 0 Å². The van der Waals surface area contributed by atoms with Crippen LogP contribution in [0.5, 0.6) is 0 Å². The average Bonchev–Trinajstić information content (AvgIpc) is 3.05. The second kappa shape index (κ2) is 5.06. The van der Waals surface area contributed by atoms with Gasteiger partial charge in [-0.2, -0.15) is 0 Å². The smallest absolute Gasteiger partial charge is 0.216 e. The molecule has 0 unspecified atom stereocenters. The van der Waals surface area contributed by atoms with E-state index in [1.165, 1.54) is 16.3 Å². The molecule has 102 valence electrons. The highest BCUT2D eigenvalue weighted by atomic mass is 16.5. The first-order chi connectivity index (χ1) is 10.4. The summed E-state index contributed by atoms with van der Waals surface area (Å²) in [5, 5.41) is 2.45. The number of ether oxygens (including phenoxy) is 1. The Bertz CT molecular complexity index is 808. The van der Waals surface area contributed by atoms with Crippen LogP contribution in [0.25, 0.3) is 10.8 Å². The van der Waals surface area contributed by atoms with Crippen molar-refractivity contribution in [2.45, 2.75) is 6.04 Å². The lowest BCUT2D eigenvalue weighted by atomic mass is 10.1. The molecular formula is C19H15NO. The van der Waals surface area contributed by atoms with Gasteiger partial charge in [0.25, 0.3) is 0 Å². The first-order valence-electron chi connectivity index (χ1n) is 7.15. The number of aliphatic imine (C=N–C) groups is 1. The summed E-state index contributed by atoms with van der Waals surface area (Å²) in [6.07, 6.45) is 0. The van der Waals surface area contributed by atoms with E-state index in [0.29, 0.717) is 6.61 Å². The number of hydrogen-bond acceptors (Lipinski definition) is 2. The highest BCUT2D eigenvalue weighted by molar-refractivity contribution is 5.99. The fourth-order valence-electron chi connectivity index (χ4n) is 2.70.